The van der Waals surface area contributed by atoms with Crippen molar-refractivity contribution in [2.45, 2.75) is 45.8 Å². The number of hydrogen-bond acceptors (Lipinski definition) is 4. The third-order valence-corrected chi connectivity index (χ3v) is 7.89. The van der Waals surface area contributed by atoms with E-state index in [2.05, 4.69) is 39.0 Å². The molecule has 0 bridgehead atoms. The molecule has 0 aromatic heterocycles. The minimum atomic E-state index is -1.94. The first kappa shape index (κ1) is 16.4. The first-order valence-corrected chi connectivity index (χ1v) is 9.54. The van der Waals surface area contributed by atoms with Gasteiger partial charge in [-0.1, -0.05) is 39.0 Å². The molecule has 0 aliphatic rings. The number of benzene rings is 1. The molecule has 0 radical (unpaired) electrons. The molecule has 0 unspecified atom stereocenters. The van der Waals surface area contributed by atoms with Crippen LogP contribution in [0.2, 0.25) is 18.1 Å². The van der Waals surface area contributed by atoms with Gasteiger partial charge in [0.2, 0.25) is 5.90 Å². The molecule has 20 heavy (non-hydrogen) atoms. The number of hydrogen-bond donors (Lipinski definition) is 0. The fourth-order valence-electron chi connectivity index (χ4n) is 1.27. The maximum absolute atomic E-state index is 11.7. The molecule has 0 aliphatic heterocycles. The molecule has 0 fully saturated rings. The molecule has 0 atom stereocenters. The molecular formula is C15H23NO3Si. The molecule has 1 aromatic rings. The highest BCUT2D eigenvalue weighted by atomic mass is 28.4. The van der Waals surface area contributed by atoms with E-state index in [-0.39, 0.29) is 5.04 Å². The molecule has 1 rings (SSSR count). The van der Waals surface area contributed by atoms with Crippen LogP contribution in [0, 0.1) is 0 Å². The first-order chi connectivity index (χ1) is 9.13. The lowest BCUT2D eigenvalue weighted by Gasteiger charge is -2.35. The van der Waals surface area contributed by atoms with E-state index in [4.69, 9.17) is 9.26 Å². The largest absolute Gasteiger partial charge is 0.532 e. The Labute approximate surface area is 121 Å². The number of carbonyl (C=O) groups excluding carboxylic acids is 1. The molecule has 110 valence electrons. The monoisotopic (exact) mass is 293 g/mol. The molecule has 0 aliphatic carbocycles. The van der Waals surface area contributed by atoms with Crippen LogP contribution in [0.4, 0.5) is 0 Å². The highest BCUT2D eigenvalue weighted by Gasteiger charge is 2.39. The number of rotatable bonds is 3. The minimum absolute atomic E-state index is 0.0766. The third kappa shape index (κ3) is 4.49. The van der Waals surface area contributed by atoms with Gasteiger partial charge in [0.15, 0.2) is 0 Å². The Balaban J connectivity index is 2.65. The van der Waals surface area contributed by atoms with Crippen LogP contribution in [0.15, 0.2) is 35.5 Å². The second kappa shape index (κ2) is 6.22. The lowest BCUT2D eigenvalue weighted by molar-refractivity contribution is 0.0507. The van der Waals surface area contributed by atoms with E-state index in [0.717, 1.165) is 0 Å². The van der Waals surface area contributed by atoms with Gasteiger partial charge in [-0.2, -0.15) is 0 Å². The van der Waals surface area contributed by atoms with Gasteiger partial charge in [0, 0.05) is 6.92 Å². The lowest BCUT2D eigenvalue weighted by Crippen LogP contribution is -2.42. The predicted octanol–water partition coefficient (Wildman–Crippen LogP) is 4.20. The summed E-state index contributed by atoms with van der Waals surface area (Å²) < 4.78 is 5.90. The van der Waals surface area contributed by atoms with E-state index >= 15 is 0 Å². The maximum atomic E-state index is 11.7. The Kier molecular flexibility index (Phi) is 5.11. The van der Waals surface area contributed by atoms with E-state index in [1.807, 2.05) is 6.07 Å². The van der Waals surface area contributed by atoms with E-state index in [1.165, 1.54) is 0 Å². The Morgan fingerprint density at radius 3 is 2.20 bits per heavy atom. The van der Waals surface area contributed by atoms with Gasteiger partial charge >= 0.3 is 5.97 Å². The summed E-state index contributed by atoms with van der Waals surface area (Å²) >= 11 is 0. The van der Waals surface area contributed by atoms with Crippen LogP contribution < -0.4 is 0 Å². The van der Waals surface area contributed by atoms with Crippen molar-refractivity contribution in [1.29, 1.82) is 0 Å². The summed E-state index contributed by atoms with van der Waals surface area (Å²) in [5, 5.41) is 3.86. The summed E-state index contributed by atoms with van der Waals surface area (Å²) in [5.74, 6) is -0.0929. The molecule has 0 heterocycles. The van der Waals surface area contributed by atoms with Gasteiger partial charge < -0.3 is 9.26 Å². The molecule has 0 amide bonds. The molecule has 5 heteroatoms. The van der Waals surface area contributed by atoms with Crippen molar-refractivity contribution in [3.05, 3.63) is 35.9 Å². The van der Waals surface area contributed by atoms with Crippen molar-refractivity contribution in [2.75, 3.05) is 0 Å². The zero-order chi connectivity index (χ0) is 15.4. The average Bonchev–Trinajstić information content (AvgIpc) is 2.35. The zero-order valence-corrected chi connectivity index (χ0v) is 14.1. The van der Waals surface area contributed by atoms with Gasteiger partial charge in [-0.05, 0) is 35.4 Å². The van der Waals surface area contributed by atoms with Gasteiger partial charge in [0.1, 0.15) is 0 Å². The van der Waals surface area contributed by atoms with E-state index < -0.39 is 14.3 Å². The SMILES string of the molecule is C/C(=N/OC(=O)c1ccccc1)O[Si](C)(C)C(C)(C)C. The van der Waals surface area contributed by atoms with Crippen molar-refractivity contribution in [1.82, 2.24) is 0 Å². The quantitative estimate of drug-likeness (QED) is 0.276. The highest BCUT2D eigenvalue weighted by Crippen LogP contribution is 2.36. The third-order valence-electron chi connectivity index (χ3n) is 3.48. The van der Waals surface area contributed by atoms with E-state index in [9.17, 15) is 4.79 Å². The summed E-state index contributed by atoms with van der Waals surface area (Å²) in [6.45, 7) is 12.4. The van der Waals surface area contributed by atoms with Gasteiger partial charge in [-0.15, -0.1) is 0 Å². The number of oxime groups is 1. The first-order valence-electron chi connectivity index (χ1n) is 6.63. The Morgan fingerprint density at radius 1 is 1.15 bits per heavy atom. The van der Waals surface area contributed by atoms with E-state index in [0.29, 0.717) is 11.5 Å². The Hall–Kier alpha value is -1.62. The molecule has 0 spiro atoms. The van der Waals surface area contributed by atoms with E-state index in [1.54, 1.807) is 31.2 Å². The second-order valence-electron chi connectivity index (χ2n) is 6.22. The van der Waals surface area contributed by atoms with Crippen molar-refractivity contribution >= 4 is 20.2 Å². The van der Waals surface area contributed by atoms with Gasteiger partial charge in [0.05, 0.1) is 5.56 Å². The van der Waals surface area contributed by atoms with Crippen molar-refractivity contribution in [3.8, 4) is 0 Å². The van der Waals surface area contributed by atoms with Crippen molar-refractivity contribution in [2.24, 2.45) is 5.16 Å². The van der Waals surface area contributed by atoms with Crippen LogP contribution in [0.25, 0.3) is 0 Å². The van der Waals surface area contributed by atoms with Gasteiger partial charge in [-0.25, -0.2) is 4.79 Å². The number of nitrogens with zero attached hydrogens (tertiary/aromatic N) is 1. The lowest BCUT2D eigenvalue weighted by atomic mass is 10.2. The van der Waals surface area contributed by atoms with Crippen LogP contribution in [0.3, 0.4) is 0 Å². The molecule has 0 saturated heterocycles. The average molecular weight is 293 g/mol. The highest BCUT2D eigenvalue weighted by molar-refractivity contribution is 6.75. The van der Waals surface area contributed by atoms with Crippen molar-refractivity contribution in [3.63, 3.8) is 0 Å². The van der Waals surface area contributed by atoms with Crippen LogP contribution >= 0.6 is 0 Å². The molecule has 0 saturated carbocycles. The molecular weight excluding hydrogens is 270 g/mol. The Morgan fingerprint density at radius 2 is 1.70 bits per heavy atom. The molecule has 0 N–H and O–H groups in total. The fraction of sp³-hybridized carbons (Fsp3) is 0.467. The minimum Gasteiger partial charge on any atom is -0.532 e. The van der Waals surface area contributed by atoms with Crippen LogP contribution in [0.5, 0.6) is 0 Å². The van der Waals surface area contributed by atoms with Crippen LogP contribution in [0.1, 0.15) is 38.1 Å². The summed E-state index contributed by atoms with van der Waals surface area (Å²) in [7, 11) is -1.94. The summed E-state index contributed by atoms with van der Waals surface area (Å²) in [6.07, 6.45) is 0. The van der Waals surface area contributed by atoms with Crippen LogP contribution in [-0.4, -0.2) is 20.2 Å². The summed E-state index contributed by atoms with van der Waals surface area (Å²) in [4.78, 5) is 16.6. The summed E-state index contributed by atoms with van der Waals surface area (Å²) in [5.41, 5.74) is 0.469. The summed E-state index contributed by atoms with van der Waals surface area (Å²) in [6, 6.07) is 8.76. The molecule has 4 nitrogen and oxygen atoms in total. The standard InChI is InChI=1S/C15H23NO3Si/c1-12(19-20(5,6)15(2,3)4)16-18-14(17)13-10-8-7-9-11-13/h7-11H,1-6H3/b16-12-. The number of carbonyl (C=O) groups is 1. The topological polar surface area (TPSA) is 47.9 Å². The predicted molar refractivity (Wildman–Crippen MR) is 83.2 cm³/mol. The normalized spacial score (nSPS) is 13.0. The van der Waals surface area contributed by atoms with Crippen molar-refractivity contribution < 1.29 is 14.1 Å². The van der Waals surface area contributed by atoms with Gasteiger partial charge in [-0.3, -0.25) is 0 Å². The Bertz CT molecular complexity index is 490. The molecule has 1 aromatic carbocycles. The smallest absolute Gasteiger partial charge is 0.365 e. The van der Waals surface area contributed by atoms with Crippen LogP contribution in [-0.2, 0) is 9.26 Å². The van der Waals surface area contributed by atoms with Gasteiger partial charge in [0.25, 0.3) is 8.32 Å². The second-order valence-corrected chi connectivity index (χ2v) is 10.9. The zero-order valence-electron chi connectivity index (χ0n) is 13.1. The fourth-order valence-corrected chi connectivity index (χ4v) is 2.36. The maximum Gasteiger partial charge on any atom is 0.365 e.